The Morgan fingerprint density at radius 3 is 2.33 bits per heavy atom. The van der Waals surface area contributed by atoms with Crippen molar-refractivity contribution in [2.24, 2.45) is 0 Å². The molecule has 24 heavy (non-hydrogen) atoms. The van der Waals surface area contributed by atoms with Gasteiger partial charge in [0.1, 0.15) is 5.69 Å². The number of carbonyl (C=O) groups excluding carboxylic acids is 2. The van der Waals surface area contributed by atoms with E-state index in [0.29, 0.717) is 0 Å². The Balaban J connectivity index is 2.30. The number of methoxy groups -OCH3 is 1. The average molecular weight is 338 g/mol. The molecule has 2 aromatic rings. The first-order valence-corrected chi connectivity index (χ1v) is 6.77. The predicted molar refractivity (Wildman–Crippen MR) is 79.7 cm³/mol. The van der Waals surface area contributed by atoms with Crippen molar-refractivity contribution in [1.29, 1.82) is 0 Å². The summed E-state index contributed by atoms with van der Waals surface area (Å²) in [5, 5.41) is 2.48. The maximum absolute atomic E-state index is 12.6. The molecule has 0 saturated heterocycles. The van der Waals surface area contributed by atoms with Crippen LogP contribution < -0.4 is 5.32 Å². The zero-order chi connectivity index (χ0) is 17.9. The van der Waals surface area contributed by atoms with E-state index in [1.807, 2.05) is 0 Å². The van der Waals surface area contributed by atoms with Gasteiger partial charge in [0.2, 0.25) is 0 Å². The smallest absolute Gasteiger partial charge is 0.433 e. The molecule has 0 bridgehead atoms. The van der Waals surface area contributed by atoms with Crippen LogP contribution in [0.3, 0.4) is 0 Å². The van der Waals surface area contributed by atoms with E-state index in [4.69, 9.17) is 0 Å². The van der Waals surface area contributed by atoms with Gasteiger partial charge < -0.3 is 10.1 Å². The van der Waals surface area contributed by atoms with Gasteiger partial charge in [-0.05, 0) is 31.2 Å². The number of carbonyl (C=O) groups is 2. The molecule has 0 fully saturated rings. The van der Waals surface area contributed by atoms with Crippen LogP contribution in [-0.4, -0.2) is 24.0 Å². The van der Waals surface area contributed by atoms with Crippen molar-refractivity contribution >= 4 is 17.6 Å². The second-order valence-electron chi connectivity index (χ2n) is 4.82. The highest BCUT2D eigenvalue weighted by molar-refractivity contribution is 6.08. The molecule has 5 nitrogen and oxygen atoms in total. The number of ether oxygens (including phenoxy) is 1. The van der Waals surface area contributed by atoms with Gasteiger partial charge in [-0.2, -0.15) is 13.2 Å². The monoisotopic (exact) mass is 338 g/mol. The molecule has 0 radical (unpaired) electrons. The predicted octanol–water partition coefficient (Wildman–Crippen LogP) is 3.45. The fourth-order valence-electron chi connectivity index (χ4n) is 2.03. The molecule has 1 aromatic heterocycles. The molecule has 0 aliphatic heterocycles. The van der Waals surface area contributed by atoms with E-state index in [1.165, 1.54) is 26.2 Å². The molecule has 0 unspecified atom stereocenters. The number of anilines is 1. The number of pyridine rings is 1. The minimum absolute atomic E-state index is 0.0253. The van der Waals surface area contributed by atoms with Crippen LogP contribution in [0.25, 0.3) is 0 Å². The molecule has 0 spiro atoms. The number of rotatable bonds is 3. The van der Waals surface area contributed by atoms with Crippen molar-refractivity contribution in [2.75, 3.05) is 12.4 Å². The van der Waals surface area contributed by atoms with Gasteiger partial charge in [-0.25, -0.2) is 9.78 Å². The van der Waals surface area contributed by atoms with Crippen LogP contribution in [0, 0.1) is 6.92 Å². The number of alkyl halides is 3. The Morgan fingerprint density at radius 1 is 1.08 bits per heavy atom. The van der Waals surface area contributed by atoms with Crippen molar-refractivity contribution < 1.29 is 27.5 Å². The number of benzene rings is 1. The van der Waals surface area contributed by atoms with Crippen molar-refractivity contribution in [3.63, 3.8) is 0 Å². The number of hydrogen-bond donors (Lipinski definition) is 1. The second-order valence-corrected chi connectivity index (χ2v) is 4.82. The quantitative estimate of drug-likeness (QED) is 0.871. The van der Waals surface area contributed by atoms with Gasteiger partial charge in [-0.1, -0.05) is 12.1 Å². The minimum atomic E-state index is -4.59. The zero-order valence-corrected chi connectivity index (χ0v) is 12.8. The maximum Gasteiger partial charge on any atom is 0.433 e. The number of esters is 1. The lowest BCUT2D eigenvalue weighted by Gasteiger charge is -2.12. The Hall–Kier alpha value is -2.90. The van der Waals surface area contributed by atoms with E-state index in [-0.39, 0.29) is 22.5 Å². The topological polar surface area (TPSA) is 68.3 Å². The maximum atomic E-state index is 12.6. The van der Waals surface area contributed by atoms with Crippen LogP contribution in [0.4, 0.5) is 18.9 Å². The normalized spacial score (nSPS) is 11.0. The van der Waals surface area contributed by atoms with Crippen molar-refractivity contribution in [2.45, 2.75) is 13.1 Å². The highest BCUT2D eigenvalue weighted by Gasteiger charge is 2.33. The summed E-state index contributed by atoms with van der Waals surface area (Å²) in [4.78, 5) is 27.3. The first-order valence-electron chi connectivity index (χ1n) is 6.77. The number of nitrogens with zero attached hydrogens (tertiary/aromatic N) is 1. The average Bonchev–Trinajstić information content (AvgIpc) is 2.53. The molecule has 1 amide bonds. The van der Waals surface area contributed by atoms with E-state index in [1.54, 1.807) is 12.1 Å². The third kappa shape index (κ3) is 3.70. The molecule has 1 N–H and O–H groups in total. The summed E-state index contributed by atoms with van der Waals surface area (Å²) in [7, 11) is 1.20. The third-order valence-corrected chi connectivity index (χ3v) is 3.20. The lowest BCUT2D eigenvalue weighted by molar-refractivity contribution is -0.141. The van der Waals surface area contributed by atoms with Crippen LogP contribution in [0.5, 0.6) is 0 Å². The van der Waals surface area contributed by atoms with Crippen LogP contribution in [0.2, 0.25) is 0 Å². The fraction of sp³-hybridized carbons (Fsp3) is 0.188. The third-order valence-electron chi connectivity index (χ3n) is 3.20. The Morgan fingerprint density at radius 2 is 1.75 bits per heavy atom. The van der Waals surface area contributed by atoms with E-state index < -0.39 is 23.7 Å². The number of aromatic nitrogens is 1. The number of para-hydroxylation sites is 1. The molecule has 0 atom stereocenters. The van der Waals surface area contributed by atoms with Gasteiger partial charge in [0, 0.05) is 0 Å². The number of aryl methyl sites for hydroxylation is 1. The Kier molecular flexibility index (Phi) is 4.87. The number of halogens is 3. The molecule has 0 aliphatic carbocycles. The second kappa shape index (κ2) is 6.69. The molecule has 1 aromatic carbocycles. The summed E-state index contributed by atoms with van der Waals surface area (Å²) >= 11 is 0. The van der Waals surface area contributed by atoms with Gasteiger partial charge in [-0.15, -0.1) is 0 Å². The Bertz CT molecular complexity index is 788. The number of amides is 1. The number of nitrogens with one attached hydrogen (secondary N) is 1. The van der Waals surface area contributed by atoms with Crippen molar-refractivity contribution in [3.05, 3.63) is 58.9 Å². The molecule has 1 heterocycles. The molecular weight excluding hydrogens is 325 g/mol. The molecule has 0 saturated carbocycles. The van der Waals surface area contributed by atoms with E-state index >= 15 is 0 Å². The van der Waals surface area contributed by atoms with E-state index in [2.05, 4.69) is 15.0 Å². The largest absolute Gasteiger partial charge is 0.465 e. The molecule has 2 rings (SSSR count). The lowest BCUT2D eigenvalue weighted by atomic mass is 10.1. The van der Waals surface area contributed by atoms with Crippen LogP contribution in [-0.2, 0) is 10.9 Å². The molecule has 126 valence electrons. The minimum Gasteiger partial charge on any atom is -0.465 e. The molecular formula is C16H13F3N2O3. The summed E-state index contributed by atoms with van der Waals surface area (Å²) in [5.74, 6) is -1.32. The SMILES string of the molecule is COC(=O)c1ccccc1NC(=O)c1ccc(C(F)(F)F)nc1C. The van der Waals surface area contributed by atoms with Gasteiger partial charge in [0.05, 0.1) is 29.6 Å². The fourth-order valence-corrected chi connectivity index (χ4v) is 2.03. The van der Waals surface area contributed by atoms with Gasteiger partial charge in [-0.3, -0.25) is 4.79 Å². The van der Waals surface area contributed by atoms with Gasteiger partial charge in [0.15, 0.2) is 0 Å². The first kappa shape index (κ1) is 17.5. The van der Waals surface area contributed by atoms with E-state index in [9.17, 15) is 22.8 Å². The summed E-state index contributed by atoms with van der Waals surface area (Å²) in [5.41, 5.74) is -0.855. The lowest BCUT2D eigenvalue weighted by Crippen LogP contribution is -2.18. The zero-order valence-electron chi connectivity index (χ0n) is 12.8. The molecule has 8 heteroatoms. The van der Waals surface area contributed by atoms with Crippen LogP contribution in [0.1, 0.15) is 32.1 Å². The van der Waals surface area contributed by atoms with Crippen molar-refractivity contribution in [3.8, 4) is 0 Å². The van der Waals surface area contributed by atoms with Gasteiger partial charge in [0.25, 0.3) is 5.91 Å². The summed E-state index contributed by atoms with van der Waals surface area (Å²) in [6.07, 6.45) is -4.59. The first-order chi connectivity index (χ1) is 11.2. The summed E-state index contributed by atoms with van der Waals surface area (Å²) in [6.45, 7) is 1.30. The van der Waals surface area contributed by atoms with Gasteiger partial charge >= 0.3 is 12.1 Å². The highest BCUT2D eigenvalue weighted by Crippen LogP contribution is 2.28. The van der Waals surface area contributed by atoms with Crippen LogP contribution in [0.15, 0.2) is 36.4 Å². The highest BCUT2D eigenvalue weighted by atomic mass is 19.4. The number of hydrogen-bond acceptors (Lipinski definition) is 4. The summed E-state index contributed by atoms with van der Waals surface area (Å²) < 4.78 is 42.5. The molecule has 0 aliphatic rings. The van der Waals surface area contributed by atoms with E-state index in [0.717, 1.165) is 12.1 Å². The van der Waals surface area contributed by atoms with Crippen molar-refractivity contribution in [1.82, 2.24) is 4.98 Å². The Labute approximate surface area is 135 Å². The summed E-state index contributed by atoms with van der Waals surface area (Å²) in [6, 6.07) is 7.90. The van der Waals surface area contributed by atoms with Crippen LogP contribution >= 0.6 is 0 Å². The standard InChI is InChI=1S/C16H13F3N2O3/c1-9-10(7-8-13(20-9)16(17,18)19)14(22)21-12-6-4-3-5-11(12)15(23)24-2/h3-8H,1-2H3,(H,21,22).